The average molecular weight is 500 g/mol. The van der Waals surface area contributed by atoms with Crippen LogP contribution in [0.15, 0.2) is 36.7 Å². The molecule has 0 unspecified atom stereocenters. The summed E-state index contributed by atoms with van der Waals surface area (Å²) < 4.78 is 26.1. The third kappa shape index (κ3) is 4.34. The monoisotopic (exact) mass is 499 g/mol. The van der Waals surface area contributed by atoms with E-state index in [2.05, 4.69) is 34.0 Å². The van der Waals surface area contributed by atoms with Gasteiger partial charge in [-0.25, -0.2) is 19.2 Å². The topological polar surface area (TPSA) is 79.8 Å². The molecule has 35 heavy (non-hydrogen) atoms. The van der Waals surface area contributed by atoms with Gasteiger partial charge in [0.1, 0.15) is 23.5 Å². The van der Waals surface area contributed by atoms with Crippen molar-refractivity contribution < 1.29 is 18.7 Å². The van der Waals surface area contributed by atoms with E-state index in [9.17, 15) is 9.18 Å². The van der Waals surface area contributed by atoms with Gasteiger partial charge in [0.05, 0.1) is 35.6 Å². The van der Waals surface area contributed by atoms with Crippen molar-refractivity contribution in [1.82, 2.24) is 14.9 Å². The van der Waals surface area contributed by atoms with Crippen LogP contribution in [0, 0.1) is 5.82 Å². The maximum absolute atomic E-state index is 14.5. The zero-order valence-electron chi connectivity index (χ0n) is 19.8. The van der Waals surface area contributed by atoms with E-state index in [0.717, 1.165) is 25.9 Å². The Morgan fingerprint density at radius 2 is 2.00 bits per heavy atom. The molecule has 0 saturated carbocycles. The Morgan fingerprint density at radius 1 is 1.23 bits per heavy atom. The molecular formula is C25H27ClFN5O3. The fourth-order valence-electron chi connectivity index (χ4n) is 4.79. The molecule has 10 heteroatoms. The molecule has 0 radical (unpaired) electrons. The second-order valence-corrected chi connectivity index (χ2v) is 9.66. The number of amides is 1. The second-order valence-electron chi connectivity index (χ2n) is 9.26. The van der Waals surface area contributed by atoms with Gasteiger partial charge in [0, 0.05) is 43.4 Å². The van der Waals surface area contributed by atoms with Gasteiger partial charge in [0.2, 0.25) is 0 Å². The first kappa shape index (κ1) is 23.6. The highest BCUT2D eigenvalue weighted by atomic mass is 35.5. The number of aromatic nitrogens is 2. The molecule has 1 spiro atoms. The van der Waals surface area contributed by atoms with E-state index in [1.54, 1.807) is 36.3 Å². The SMILES string of the molecule is COc1cc2ncnc(Nc3cccc(Cl)c3F)c2cc1N1CC2(CCN(C(C)C)CC2)OC1=O. The number of piperidine rings is 1. The first-order chi connectivity index (χ1) is 16.8. The van der Waals surface area contributed by atoms with Gasteiger partial charge >= 0.3 is 6.09 Å². The molecular weight excluding hydrogens is 473 g/mol. The van der Waals surface area contributed by atoms with Crippen molar-refractivity contribution in [3.63, 3.8) is 0 Å². The summed E-state index contributed by atoms with van der Waals surface area (Å²) in [4.78, 5) is 25.7. The van der Waals surface area contributed by atoms with Crippen LogP contribution < -0.4 is 15.0 Å². The van der Waals surface area contributed by atoms with Gasteiger partial charge in [-0.15, -0.1) is 0 Å². The van der Waals surface area contributed by atoms with E-state index in [-0.39, 0.29) is 10.7 Å². The number of ether oxygens (including phenoxy) is 2. The van der Waals surface area contributed by atoms with Crippen LogP contribution in [0.4, 0.5) is 26.4 Å². The summed E-state index contributed by atoms with van der Waals surface area (Å²) >= 11 is 5.94. The van der Waals surface area contributed by atoms with Gasteiger partial charge in [0.25, 0.3) is 0 Å². The van der Waals surface area contributed by atoms with Crippen molar-refractivity contribution in [3.05, 3.63) is 47.5 Å². The minimum absolute atomic E-state index is 0.00402. The van der Waals surface area contributed by atoms with E-state index in [4.69, 9.17) is 21.1 Å². The molecule has 2 aromatic carbocycles. The summed E-state index contributed by atoms with van der Waals surface area (Å²) in [6.07, 6.45) is 2.52. The predicted octanol–water partition coefficient (Wildman–Crippen LogP) is 5.37. The molecule has 1 N–H and O–H groups in total. The van der Waals surface area contributed by atoms with Crippen LogP contribution in [0.2, 0.25) is 5.02 Å². The molecule has 3 aromatic rings. The number of hydrogen-bond donors (Lipinski definition) is 1. The lowest BCUT2D eigenvalue weighted by Crippen LogP contribution is -2.48. The van der Waals surface area contributed by atoms with Crippen molar-refractivity contribution in [2.24, 2.45) is 0 Å². The normalized spacial score (nSPS) is 17.9. The van der Waals surface area contributed by atoms with E-state index < -0.39 is 17.5 Å². The molecule has 2 fully saturated rings. The molecule has 3 heterocycles. The highest BCUT2D eigenvalue weighted by molar-refractivity contribution is 6.31. The van der Waals surface area contributed by atoms with Crippen LogP contribution in [0.3, 0.4) is 0 Å². The van der Waals surface area contributed by atoms with E-state index in [1.807, 2.05) is 0 Å². The number of likely N-dealkylation sites (tertiary alicyclic amines) is 1. The number of fused-ring (bicyclic) bond motifs is 1. The first-order valence-corrected chi connectivity index (χ1v) is 12.0. The Balaban J connectivity index is 1.50. The molecule has 2 aliphatic heterocycles. The molecule has 1 amide bonds. The van der Waals surface area contributed by atoms with E-state index >= 15 is 0 Å². The molecule has 0 bridgehead atoms. The minimum Gasteiger partial charge on any atom is -0.494 e. The zero-order valence-corrected chi connectivity index (χ0v) is 20.6. The Morgan fingerprint density at radius 3 is 2.71 bits per heavy atom. The van der Waals surface area contributed by atoms with Gasteiger partial charge in [-0.2, -0.15) is 0 Å². The number of halogens is 2. The van der Waals surface area contributed by atoms with Gasteiger partial charge < -0.3 is 19.7 Å². The largest absolute Gasteiger partial charge is 0.494 e. The maximum Gasteiger partial charge on any atom is 0.415 e. The number of nitrogens with zero attached hydrogens (tertiary/aromatic N) is 4. The Hall–Kier alpha value is -3.17. The smallest absolute Gasteiger partial charge is 0.415 e. The fraction of sp³-hybridized carbons (Fsp3) is 0.400. The van der Waals surface area contributed by atoms with Crippen LogP contribution >= 0.6 is 11.6 Å². The number of rotatable bonds is 5. The third-order valence-electron chi connectivity index (χ3n) is 6.84. The summed E-state index contributed by atoms with van der Waals surface area (Å²) in [5, 5.41) is 3.61. The van der Waals surface area contributed by atoms with Gasteiger partial charge in [-0.1, -0.05) is 17.7 Å². The maximum atomic E-state index is 14.5. The third-order valence-corrected chi connectivity index (χ3v) is 7.13. The first-order valence-electron chi connectivity index (χ1n) is 11.6. The Kier molecular flexibility index (Phi) is 6.14. The summed E-state index contributed by atoms with van der Waals surface area (Å²) in [6, 6.07) is 8.68. The summed E-state index contributed by atoms with van der Waals surface area (Å²) in [6.45, 7) is 6.53. The molecule has 0 atom stereocenters. The number of nitrogens with one attached hydrogen (secondary N) is 1. The Labute approximate surface area is 208 Å². The molecule has 2 saturated heterocycles. The van der Waals surface area contributed by atoms with Gasteiger partial charge in [-0.05, 0) is 32.0 Å². The lowest BCUT2D eigenvalue weighted by molar-refractivity contribution is -0.00605. The fourth-order valence-corrected chi connectivity index (χ4v) is 4.97. The van der Waals surface area contributed by atoms with Crippen LogP contribution in [0.5, 0.6) is 5.75 Å². The quantitative estimate of drug-likeness (QED) is 0.505. The molecule has 184 valence electrons. The highest BCUT2D eigenvalue weighted by Crippen LogP contribution is 2.42. The van der Waals surface area contributed by atoms with Crippen LogP contribution in [0.1, 0.15) is 26.7 Å². The number of benzene rings is 2. The second kappa shape index (κ2) is 9.13. The van der Waals surface area contributed by atoms with Crippen LogP contribution in [0.25, 0.3) is 10.9 Å². The standard InChI is InChI=1S/C25H27ClFN5O3/c1-15(2)31-9-7-25(8-10-31)13-32(24(33)35-25)20-11-16-19(12-21(20)34-3)28-14-29-23(16)30-18-6-4-5-17(26)22(18)27/h4-6,11-12,14-15H,7-10,13H2,1-3H3,(H,28,29,30). The number of anilines is 3. The molecule has 5 rings (SSSR count). The van der Waals surface area contributed by atoms with Crippen molar-refractivity contribution >= 4 is 45.8 Å². The molecule has 0 aliphatic carbocycles. The number of carbonyl (C=O) groups is 1. The number of hydrogen-bond acceptors (Lipinski definition) is 7. The summed E-state index contributed by atoms with van der Waals surface area (Å²) in [5.74, 6) is 0.296. The van der Waals surface area contributed by atoms with Gasteiger partial charge in [-0.3, -0.25) is 4.90 Å². The zero-order chi connectivity index (χ0) is 24.7. The summed E-state index contributed by atoms with van der Waals surface area (Å²) in [7, 11) is 1.55. The Bertz CT molecular complexity index is 1280. The minimum atomic E-state index is -0.576. The predicted molar refractivity (Wildman–Crippen MR) is 133 cm³/mol. The van der Waals surface area contributed by atoms with Crippen LogP contribution in [-0.4, -0.2) is 59.3 Å². The number of carbonyl (C=O) groups excluding carboxylic acids is 1. The van der Waals surface area contributed by atoms with E-state index in [1.165, 1.54) is 12.4 Å². The average Bonchev–Trinajstić information content (AvgIpc) is 3.16. The highest BCUT2D eigenvalue weighted by Gasteiger charge is 2.48. The van der Waals surface area contributed by atoms with Crippen molar-refractivity contribution in [2.75, 3.05) is 37.0 Å². The molecule has 2 aliphatic rings. The summed E-state index contributed by atoms with van der Waals surface area (Å²) in [5.41, 5.74) is 0.794. The lowest BCUT2D eigenvalue weighted by atomic mass is 9.90. The van der Waals surface area contributed by atoms with Crippen molar-refractivity contribution in [3.8, 4) is 5.75 Å². The van der Waals surface area contributed by atoms with Crippen LogP contribution in [-0.2, 0) is 4.74 Å². The van der Waals surface area contributed by atoms with Crippen molar-refractivity contribution in [2.45, 2.75) is 38.3 Å². The lowest BCUT2D eigenvalue weighted by Gasteiger charge is -2.39. The number of methoxy groups -OCH3 is 1. The van der Waals surface area contributed by atoms with Gasteiger partial charge in [0.15, 0.2) is 5.82 Å². The molecule has 1 aromatic heterocycles. The molecule has 8 nitrogen and oxygen atoms in total. The van der Waals surface area contributed by atoms with Crippen molar-refractivity contribution in [1.29, 1.82) is 0 Å². The van der Waals surface area contributed by atoms with E-state index in [0.29, 0.717) is 40.7 Å².